The van der Waals surface area contributed by atoms with E-state index in [2.05, 4.69) is 5.32 Å². The maximum absolute atomic E-state index is 11.9. The van der Waals surface area contributed by atoms with Crippen LogP contribution in [0.4, 0.5) is 0 Å². The molecule has 1 aromatic carbocycles. The van der Waals surface area contributed by atoms with E-state index in [-0.39, 0.29) is 5.91 Å². The second kappa shape index (κ2) is 7.00. The minimum Gasteiger partial charge on any atom is -0.493 e. The number of carbonyl (C=O) groups excluding carboxylic acids is 1. The van der Waals surface area contributed by atoms with Crippen LogP contribution in [0, 0.1) is 0 Å². The number of amides is 1. The van der Waals surface area contributed by atoms with Crippen LogP contribution in [0.25, 0.3) is 0 Å². The molecule has 0 bridgehead atoms. The molecule has 0 saturated heterocycles. The summed E-state index contributed by atoms with van der Waals surface area (Å²) in [5.74, 6) is 0.761. The van der Waals surface area contributed by atoms with Crippen molar-refractivity contribution in [3.8, 4) is 11.5 Å². The standard InChI is InChI=1S/C15H21ClN2O3/c1-9(15(19)18-11-3-4-11)21-14-12(16)7-10(5-6-17)8-13(14)20-2/h7-9,11H,3-6,17H2,1-2H3,(H,18,19). The fourth-order valence-electron chi connectivity index (χ4n) is 1.98. The molecule has 1 aliphatic rings. The number of rotatable bonds is 7. The van der Waals surface area contributed by atoms with Crippen LogP contribution in [0.15, 0.2) is 12.1 Å². The summed E-state index contributed by atoms with van der Waals surface area (Å²) < 4.78 is 11.0. The molecule has 1 atom stereocenters. The molecular weight excluding hydrogens is 292 g/mol. The molecule has 0 aromatic heterocycles. The molecule has 0 aliphatic heterocycles. The van der Waals surface area contributed by atoms with Gasteiger partial charge in [-0.1, -0.05) is 11.6 Å². The average Bonchev–Trinajstić information content (AvgIpc) is 3.25. The third-order valence-electron chi connectivity index (χ3n) is 3.31. The lowest BCUT2D eigenvalue weighted by Gasteiger charge is -2.18. The van der Waals surface area contributed by atoms with E-state index >= 15 is 0 Å². The first-order chi connectivity index (χ1) is 10.0. The lowest BCUT2D eigenvalue weighted by Crippen LogP contribution is -2.37. The summed E-state index contributed by atoms with van der Waals surface area (Å²) in [7, 11) is 1.54. The lowest BCUT2D eigenvalue weighted by atomic mass is 10.1. The highest BCUT2D eigenvalue weighted by Gasteiger charge is 2.27. The van der Waals surface area contributed by atoms with Gasteiger partial charge in [0.25, 0.3) is 5.91 Å². The molecule has 1 amide bonds. The summed E-state index contributed by atoms with van der Waals surface area (Å²) in [6, 6.07) is 3.92. The first kappa shape index (κ1) is 15.9. The molecule has 1 unspecified atom stereocenters. The maximum Gasteiger partial charge on any atom is 0.260 e. The summed E-state index contributed by atoms with van der Waals surface area (Å²) in [6.07, 6.45) is 2.15. The van der Waals surface area contributed by atoms with Gasteiger partial charge in [0, 0.05) is 6.04 Å². The van der Waals surface area contributed by atoms with Gasteiger partial charge in [-0.3, -0.25) is 4.79 Å². The summed E-state index contributed by atoms with van der Waals surface area (Å²) >= 11 is 6.24. The van der Waals surface area contributed by atoms with Gasteiger partial charge >= 0.3 is 0 Å². The molecule has 0 radical (unpaired) electrons. The van der Waals surface area contributed by atoms with E-state index in [1.165, 1.54) is 0 Å². The molecule has 1 aliphatic carbocycles. The Balaban J connectivity index is 2.11. The largest absolute Gasteiger partial charge is 0.493 e. The molecule has 5 nitrogen and oxygen atoms in total. The van der Waals surface area contributed by atoms with E-state index in [1.807, 2.05) is 6.07 Å². The number of ether oxygens (including phenoxy) is 2. The molecule has 6 heteroatoms. The number of hydrogen-bond donors (Lipinski definition) is 2. The molecule has 1 aromatic rings. The van der Waals surface area contributed by atoms with Crippen molar-refractivity contribution in [2.75, 3.05) is 13.7 Å². The predicted molar refractivity (Wildman–Crippen MR) is 82.0 cm³/mol. The van der Waals surface area contributed by atoms with Crippen molar-refractivity contribution in [2.24, 2.45) is 5.73 Å². The normalized spacial score (nSPS) is 15.4. The Morgan fingerprint density at radius 1 is 1.52 bits per heavy atom. The van der Waals surface area contributed by atoms with Crippen molar-refractivity contribution in [3.63, 3.8) is 0 Å². The van der Waals surface area contributed by atoms with Gasteiger partial charge in [0.05, 0.1) is 12.1 Å². The Kier molecular flexibility index (Phi) is 5.31. The van der Waals surface area contributed by atoms with Crippen molar-refractivity contribution in [1.82, 2.24) is 5.32 Å². The number of benzene rings is 1. The summed E-state index contributed by atoms with van der Waals surface area (Å²) in [6.45, 7) is 2.22. The Morgan fingerprint density at radius 3 is 2.81 bits per heavy atom. The number of methoxy groups -OCH3 is 1. The van der Waals surface area contributed by atoms with E-state index in [0.717, 1.165) is 18.4 Å². The number of nitrogens with two attached hydrogens (primary N) is 1. The maximum atomic E-state index is 11.9. The van der Waals surface area contributed by atoms with Crippen LogP contribution in [0.5, 0.6) is 11.5 Å². The van der Waals surface area contributed by atoms with Gasteiger partial charge in [-0.2, -0.15) is 0 Å². The Morgan fingerprint density at radius 2 is 2.24 bits per heavy atom. The zero-order valence-electron chi connectivity index (χ0n) is 12.3. The van der Waals surface area contributed by atoms with Crippen LogP contribution in [-0.4, -0.2) is 31.7 Å². The van der Waals surface area contributed by atoms with E-state index < -0.39 is 6.10 Å². The van der Waals surface area contributed by atoms with Crippen LogP contribution in [-0.2, 0) is 11.2 Å². The van der Waals surface area contributed by atoms with Gasteiger partial charge in [-0.15, -0.1) is 0 Å². The van der Waals surface area contributed by atoms with Gasteiger partial charge < -0.3 is 20.5 Å². The van der Waals surface area contributed by atoms with Gasteiger partial charge in [0.1, 0.15) is 0 Å². The van der Waals surface area contributed by atoms with Crippen LogP contribution < -0.4 is 20.5 Å². The van der Waals surface area contributed by atoms with E-state index in [0.29, 0.717) is 35.5 Å². The minimum atomic E-state index is -0.627. The fraction of sp³-hybridized carbons (Fsp3) is 0.533. The Hall–Kier alpha value is -1.46. The molecule has 21 heavy (non-hydrogen) atoms. The number of carbonyl (C=O) groups is 1. The number of nitrogens with one attached hydrogen (secondary N) is 1. The molecular formula is C15H21ClN2O3. The topological polar surface area (TPSA) is 73.6 Å². The van der Waals surface area contributed by atoms with Gasteiger partial charge in [0.2, 0.25) is 0 Å². The summed E-state index contributed by atoms with van der Waals surface area (Å²) in [4.78, 5) is 11.9. The third kappa shape index (κ3) is 4.25. The summed E-state index contributed by atoms with van der Waals surface area (Å²) in [5, 5.41) is 3.32. The molecule has 3 N–H and O–H groups in total. The summed E-state index contributed by atoms with van der Waals surface area (Å²) in [5.41, 5.74) is 6.52. The highest BCUT2D eigenvalue weighted by Crippen LogP contribution is 2.37. The van der Waals surface area contributed by atoms with Gasteiger partial charge in [-0.25, -0.2) is 0 Å². The Bertz CT molecular complexity index is 518. The smallest absolute Gasteiger partial charge is 0.260 e. The highest BCUT2D eigenvalue weighted by molar-refractivity contribution is 6.32. The zero-order chi connectivity index (χ0) is 15.4. The van der Waals surface area contributed by atoms with Crippen LogP contribution in [0.3, 0.4) is 0 Å². The predicted octanol–water partition coefficient (Wildman–Crippen LogP) is 1.90. The first-order valence-corrected chi connectivity index (χ1v) is 7.46. The molecule has 0 heterocycles. The number of hydrogen-bond acceptors (Lipinski definition) is 4. The van der Waals surface area contributed by atoms with E-state index in [1.54, 1.807) is 20.1 Å². The highest BCUT2D eigenvalue weighted by atomic mass is 35.5. The SMILES string of the molecule is COc1cc(CCN)cc(Cl)c1OC(C)C(=O)NC1CC1. The molecule has 2 rings (SSSR count). The van der Waals surface area contributed by atoms with Crippen LogP contribution in [0.2, 0.25) is 5.02 Å². The van der Waals surface area contributed by atoms with Gasteiger partial charge in [0.15, 0.2) is 17.6 Å². The molecule has 1 fully saturated rings. The molecule has 0 spiro atoms. The monoisotopic (exact) mass is 312 g/mol. The second-order valence-corrected chi connectivity index (χ2v) is 5.60. The molecule has 1 saturated carbocycles. The van der Waals surface area contributed by atoms with Crippen LogP contribution in [0.1, 0.15) is 25.3 Å². The molecule has 116 valence electrons. The van der Waals surface area contributed by atoms with Gasteiger partial charge in [-0.05, 0) is 50.4 Å². The first-order valence-electron chi connectivity index (χ1n) is 7.08. The average molecular weight is 313 g/mol. The Labute approximate surface area is 129 Å². The second-order valence-electron chi connectivity index (χ2n) is 5.19. The van der Waals surface area contributed by atoms with Crippen molar-refractivity contribution >= 4 is 17.5 Å². The van der Waals surface area contributed by atoms with Crippen molar-refractivity contribution in [2.45, 2.75) is 38.3 Å². The van der Waals surface area contributed by atoms with Crippen molar-refractivity contribution in [3.05, 3.63) is 22.7 Å². The third-order valence-corrected chi connectivity index (χ3v) is 3.59. The van der Waals surface area contributed by atoms with Crippen molar-refractivity contribution in [1.29, 1.82) is 0 Å². The fourth-order valence-corrected chi connectivity index (χ4v) is 2.25. The van der Waals surface area contributed by atoms with E-state index in [9.17, 15) is 4.79 Å². The number of halogens is 1. The quantitative estimate of drug-likeness (QED) is 0.806. The lowest BCUT2D eigenvalue weighted by molar-refractivity contribution is -0.127. The zero-order valence-corrected chi connectivity index (χ0v) is 13.1. The van der Waals surface area contributed by atoms with E-state index in [4.69, 9.17) is 26.8 Å². The van der Waals surface area contributed by atoms with Crippen molar-refractivity contribution < 1.29 is 14.3 Å². The van der Waals surface area contributed by atoms with Crippen LogP contribution >= 0.6 is 11.6 Å². The minimum absolute atomic E-state index is 0.137.